The zero-order valence-corrected chi connectivity index (χ0v) is 12.0. The van der Waals surface area contributed by atoms with Crippen LogP contribution in [0.5, 0.6) is 0 Å². The standard InChI is InChI=1S/C16H22N2O/c1-16(2,3)12-4-5-14-13(10-12)18-15(19-14)11-6-8-17-9-7-11/h4-5,10-11,17H,6-9H2,1-3H3. The van der Waals surface area contributed by atoms with Gasteiger partial charge in [0.25, 0.3) is 0 Å². The minimum absolute atomic E-state index is 0.155. The van der Waals surface area contributed by atoms with Gasteiger partial charge < -0.3 is 9.73 Å². The average molecular weight is 258 g/mol. The number of piperidine rings is 1. The molecule has 0 saturated carbocycles. The van der Waals surface area contributed by atoms with Gasteiger partial charge in [-0.05, 0) is 49.0 Å². The maximum atomic E-state index is 5.94. The fourth-order valence-corrected chi connectivity index (χ4v) is 2.66. The molecule has 1 saturated heterocycles. The Morgan fingerprint density at radius 1 is 1.21 bits per heavy atom. The summed E-state index contributed by atoms with van der Waals surface area (Å²) in [6, 6.07) is 6.39. The number of hydrogen-bond acceptors (Lipinski definition) is 3. The molecule has 3 rings (SSSR count). The van der Waals surface area contributed by atoms with Crippen LogP contribution in [0, 0.1) is 0 Å². The summed E-state index contributed by atoms with van der Waals surface area (Å²) >= 11 is 0. The fourth-order valence-electron chi connectivity index (χ4n) is 2.66. The van der Waals surface area contributed by atoms with Gasteiger partial charge in [0.1, 0.15) is 5.52 Å². The average Bonchev–Trinajstić information content (AvgIpc) is 2.81. The van der Waals surface area contributed by atoms with E-state index >= 15 is 0 Å². The predicted molar refractivity (Wildman–Crippen MR) is 77.6 cm³/mol. The molecule has 1 aromatic carbocycles. The number of rotatable bonds is 1. The Morgan fingerprint density at radius 2 is 1.95 bits per heavy atom. The van der Waals surface area contributed by atoms with Crippen LogP contribution in [-0.2, 0) is 5.41 Å². The molecule has 0 spiro atoms. The molecule has 0 amide bonds. The zero-order chi connectivity index (χ0) is 13.5. The molecule has 1 aliphatic rings. The van der Waals surface area contributed by atoms with Crippen LogP contribution in [0.25, 0.3) is 11.1 Å². The van der Waals surface area contributed by atoms with E-state index in [4.69, 9.17) is 9.40 Å². The number of fused-ring (bicyclic) bond motifs is 1. The molecule has 1 aliphatic heterocycles. The predicted octanol–water partition coefficient (Wildman–Crippen LogP) is 3.59. The summed E-state index contributed by atoms with van der Waals surface area (Å²) in [5.74, 6) is 1.40. The highest BCUT2D eigenvalue weighted by molar-refractivity contribution is 5.73. The van der Waals surface area contributed by atoms with Gasteiger partial charge in [0.2, 0.25) is 0 Å². The third kappa shape index (κ3) is 2.52. The Morgan fingerprint density at radius 3 is 2.63 bits per heavy atom. The van der Waals surface area contributed by atoms with Crippen LogP contribution in [0.3, 0.4) is 0 Å². The highest BCUT2D eigenvalue weighted by Gasteiger charge is 2.21. The summed E-state index contributed by atoms with van der Waals surface area (Å²) in [4.78, 5) is 4.72. The monoisotopic (exact) mass is 258 g/mol. The van der Waals surface area contributed by atoms with Gasteiger partial charge in [0.15, 0.2) is 11.5 Å². The maximum absolute atomic E-state index is 5.94. The lowest BCUT2D eigenvalue weighted by Crippen LogP contribution is -2.26. The summed E-state index contributed by atoms with van der Waals surface area (Å²) in [5, 5.41) is 3.38. The quantitative estimate of drug-likeness (QED) is 0.849. The highest BCUT2D eigenvalue weighted by atomic mass is 16.3. The Hall–Kier alpha value is -1.35. The van der Waals surface area contributed by atoms with Crippen molar-refractivity contribution in [1.29, 1.82) is 0 Å². The molecule has 2 aromatic rings. The van der Waals surface area contributed by atoms with Gasteiger partial charge in [-0.15, -0.1) is 0 Å². The minimum atomic E-state index is 0.155. The first kappa shape index (κ1) is 12.7. The first-order valence-electron chi connectivity index (χ1n) is 7.16. The van der Waals surface area contributed by atoms with E-state index in [1.165, 1.54) is 5.56 Å². The number of benzene rings is 1. The second kappa shape index (κ2) is 4.64. The lowest BCUT2D eigenvalue weighted by atomic mass is 9.87. The number of oxazole rings is 1. The molecule has 0 bridgehead atoms. The molecule has 1 aromatic heterocycles. The molecule has 0 radical (unpaired) electrons. The topological polar surface area (TPSA) is 38.1 Å². The summed E-state index contributed by atoms with van der Waals surface area (Å²) in [5.41, 5.74) is 3.38. The zero-order valence-electron chi connectivity index (χ0n) is 12.0. The van der Waals surface area contributed by atoms with Crippen molar-refractivity contribution in [1.82, 2.24) is 10.3 Å². The lowest BCUT2D eigenvalue weighted by Gasteiger charge is -2.19. The SMILES string of the molecule is CC(C)(C)c1ccc2oc(C3CCNCC3)nc2c1. The van der Waals surface area contributed by atoms with Crippen LogP contribution < -0.4 is 5.32 Å². The molecule has 1 N–H and O–H groups in total. The van der Waals surface area contributed by atoms with E-state index in [9.17, 15) is 0 Å². The Labute approximate surface area is 114 Å². The van der Waals surface area contributed by atoms with Gasteiger partial charge in [-0.3, -0.25) is 0 Å². The maximum Gasteiger partial charge on any atom is 0.198 e. The van der Waals surface area contributed by atoms with Crippen molar-refractivity contribution in [3.63, 3.8) is 0 Å². The number of aromatic nitrogens is 1. The molecular weight excluding hydrogens is 236 g/mol. The summed E-state index contributed by atoms with van der Waals surface area (Å²) < 4.78 is 5.94. The van der Waals surface area contributed by atoms with E-state index < -0.39 is 0 Å². The van der Waals surface area contributed by atoms with Crippen molar-refractivity contribution < 1.29 is 4.42 Å². The van der Waals surface area contributed by atoms with Gasteiger partial charge in [0, 0.05) is 5.92 Å². The van der Waals surface area contributed by atoms with Crippen molar-refractivity contribution >= 4 is 11.1 Å². The Kier molecular flexibility index (Phi) is 3.09. The van der Waals surface area contributed by atoms with Crippen molar-refractivity contribution in [3.8, 4) is 0 Å². The molecule has 2 heterocycles. The second-order valence-electron chi connectivity index (χ2n) is 6.51. The summed E-state index contributed by atoms with van der Waals surface area (Å²) in [6.07, 6.45) is 2.25. The molecule has 0 aliphatic carbocycles. The first-order chi connectivity index (χ1) is 9.04. The van der Waals surface area contributed by atoms with Gasteiger partial charge in [0.05, 0.1) is 0 Å². The third-order valence-corrected chi connectivity index (χ3v) is 3.96. The van der Waals surface area contributed by atoms with Crippen LogP contribution in [0.4, 0.5) is 0 Å². The van der Waals surface area contributed by atoms with E-state index in [1.807, 2.05) is 0 Å². The van der Waals surface area contributed by atoms with Crippen molar-refractivity contribution in [2.45, 2.75) is 44.9 Å². The molecule has 102 valence electrons. The molecule has 19 heavy (non-hydrogen) atoms. The van der Waals surface area contributed by atoms with Crippen LogP contribution in [0.1, 0.15) is 51.0 Å². The van der Waals surface area contributed by atoms with E-state index in [-0.39, 0.29) is 5.41 Å². The summed E-state index contributed by atoms with van der Waals surface area (Å²) in [7, 11) is 0. The first-order valence-corrected chi connectivity index (χ1v) is 7.16. The number of nitrogens with zero attached hydrogens (tertiary/aromatic N) is 1. The van der Waals surface area contributed by atoms with Crippen LogP contribution in [0.2, 0.25) is 0 Å². The van der Waals surface area contributed by atoms with Crippen LogP contribution >= 0.6 is 0 Å². The van der Waals surface area contributed by atoms with Crippen LogP contribution in [-0.4, -0.2) is 18.1 Å². The van der Waals surface area contributed by atoms with Gasteiger partial charge in [-0.25, -0.2) is 4.98 Å². The van der Waals surface area contributed by atoms with E-state index in [0.29, 0.717) is 5.92 Å². The van der Waals surface area contributed by atoms with E-state index in [2.05, 4.69) is 44.3 Å². The van der Waals surface area contributed by atoms with Gasteiger partial charge in [-0.1, -0.05) is 26.8 Å². The van der Waals surface area contributed by atoms with Crippen molar-refractivity contribution in [2.75, 3.05) is 13.1 Å². The molecule has 3 heteroatoms. The minimum Gasteiger partial charge on any atom is -0.440 e. The largest absolute Gasteiger partial charge is 0.440 e. The van der Waals surface area contributed by atoms with Crippen molar-refractivity contribution in [3.05, 3.63) is 29.7 Å². The fraction of sp³-hybridized carbons (Fsp3) is 0.562. The normalized spacial score (nSPS) is 18.1. The molecular formula is C16H22N2O. The van der Waals surface area contributed by atoms with Gasteiger partial charge >= 0.3 is 0 Å². The van der Waals surface area contributed by atoms with Crippen molar-refractivity contribution in [2.24, 2.45) is 0 Å². The molecule has 1 fully saturated rings. The smallest absolute Gasteiger partial charge is 0.198 e. The number of hydrogen-bond donors (Lipinski definition) is 1. The summed E-state index contributed by atoms with van der Waals surface area (Å²) in [6.45, 7) is 8.80. The molecule has 0 unspecified atom stereocenters. The Balaban J connectivity index is 1.96. The third-order valence-electron chi connectivity index (χ3n) is 3.96. The van der Waals surface area contributed by atoms with E-state index in [0.717, 1.165) is 42.9 Å². The number of nitrogens with one attached hydrogen (secondary N) is 1. The molecule has 0 atom stereocenters. The Bertz CT molecular complexity index is 574. The molecule has 3 nitrogen and oxygen atoms in total. The van der Waals surface area contributed by atoms with Gasteiger partial charge in [-0.2, -0.15) is 0 Å². The van der Waals surface area contributed by atoms with Crippen LogP contribution in [0.15, 0.2) is 22.6 Å². The van der Waals surface area contributed by atoms with E-state index in [1.54, 1.807) is 0 Å². The lowest BCUT2D eigenvalue weighted by molar-refractivity contribution is 0.385. The highest BCUT2D eigenvalue weighted by Crippen LogP contribution is 2.30. The second-order valence-corrected chi connectivity index (χ2v) is 6.51.